The zero-order chi connectivity index (χ0) is 58.5. The fourth-order valence-electron chi connectivity index (χ4n) is 10.5. The molecule has 0 radical (unpaired) electrons. The number of carbonyl (C=O) groups excluding carboxylic acids is 3. The number of esters is 3. The maximum absolute atomic E-state index is 12.9. The Morgan fingerprint density at radius 1 is 0.259 bits per heavy atom. The van der Waals surface area contributed by atoms with Crippen molar-refractivity contribution in [2.75, 3.05) is 13.2 Å². The van der Waals surface area contributed by atoms with E-state index in [9.17, 15) is 14.4 Å². The van der Waals surface area contributed by atoms with Crippen LogP contribution in [0.15, 0.2) is 72.9 Å². The smallest absolute Gasteiger partial charge is 0.306 e. The molecule has 0 N–H and O–H groups in total. The average molecular weight is 1130 g/mol. The normalized spacial score (nSPS) is 12.5. The molecule has 0 aromatic heterocycles. The van der Waals surface area contributed by atoms with Crippen molar-refractivity contribution < 1.29 is 28.6 Å². The Bertz CT molecular complexity index is 1490. The third kappa shape index (κ3) is 67.5. The minimum atomic E-state index is -0.781. The Labute approximate surface area is 503 Å². The van der Waals surface area contributed by atoms with Crippen LogP contribution in [0.4, 0.5) is 0 Å². The zero-order valence-electron chi connectivity index (χ0n) is 54.1. The predicted octanol–water partition coefficient (Wildman–Crippen LogP) is 24.4. The van der Waals surface area contributed by atoms with E-state index in [4.69, 9.17) is 14.2 Å². The summed E-state index contributed by atoms with van der Waals surface area (Å²) in [6.45, 7) is 6.55. The van der Waals surface area contributed by atoms with E-state index in [0.29, 0.717) is 19.3 Å². The van der Waals surface area contributed by atoms with E-state index in [2.05, 4.69) is 93.7 Å². The van der Waals surface area contributed by atoms with Crippen molar-refractivity contribution in [1.29, 1.82) is 0 Å². The van der Waals surface area contributed by atoms with Gasteiger partial charge in [-0.25, -0.2) is 0 Å². The van der Waals surface area contributed by atoms with E-state index in [1.165, 1.54) is 218 Å². The first-order valence-corrected chi connectivity index (χ1v) is 35.4. The van der Waals surface area contributed by atoms with Crippen LogP contribution in [0.2, 0.25) is 0 Å². The molecule has 0 bridgehead atoms. The molecule has 0 saturated carbocycles. The third-order valence-electron chi connectivity index (χ3n) is 15.7. The average Bonchev–Trinajstić information content (AvgIpc) is 3.47. The third-order valence-corrected chi connectivity index (χ3v) is 15.7. The lowest BCUT2D eigenvalue weighted by atomic mass is 10.0. The molecule has 81 heavy (non-hydrogen) atoms. The fraction of sp³-hybridized carbons (Fsp3) is 0.800. The molecule has 0 aliphatic rings. The van der Waals surface area contributed by atoms with Crippen molar-refractivity contribution >= 4 is 17.9 Å². The number of unbranched alkanes of at least 4 members (excludes halogenated alkanes) is 42. The summed E-state index contributed by atoms with van der Waals surface area (Å²) in [4.78, 5) is 38.3. The lowest BCUT2D eigenvalue weighted by Gasteiger charge is -2.18. The molecule has 470 valence electrons. The second kappa shape index (κ2) is 69.3. The molecule has 1 atom stereocenters. The standard InChI is InChI=1S/C75H134O6/c1-4-7-10-13-16-19-21-23-25-27-29-31-33-35-36-37-38-40-41-43-45-47-49-51-53-56-59-62-65-68-74(77)80-71-72(70-79-73(76)67-64-61-58-55-18-15-12-9-6-3)81-75(78)69-66-63-60-57-54-52-50-48-46-44-42-39-34-32-30-28-26-24-22-20-17-14-11-8-5-2/h8,11,17,20,24,26,30,32,39,42,46,48,72H,4-7,9-10,12-16,18-19,21-23,25,27-29,31,33-38,40-41,43-45,47,49-71H2,1-3H3/b11-8-,20-17-,26-24-,32-30-,42-39-,48-46-. The van der Waals surface area contributed by atoms with Crippen molar-refractivity contribution in [2.24, 2.45) is 0 Å². The first-order chi connectivity index (χ1) is 40.0. The van der Waals surface area contributed by atoms with E-state index in [1.807, 2.05) is 0 Å². The molecule has 0 heterocycles. The van der Waals surface area contributed by atoms with Crippen LogP contribution in [0.1, 0.15) is 367 Å². The molecule has 0 aliphatic heterocycles. The summed E-state index contributed by atoms with van der Waals surface area (Å²) in [6.07, 6.45) is 91.0. The second-order valence-corrected chi connectivity index (χ2v) is 23.8. The van der Waals surface area contributed by atoms with Gasteiger partial charge in [0.2, 0.25) is 0 Å². The van der Waals surface area contributed by atoms with Gasteiger partial charge < -0.3 is 14.2 Å². The quantitative estimate of drug-likeness (QED) is 0.0261. The van der Waals surface area contributed by atoms with Gasteiger partial charge in [0, 0.05) is 19.3 Å². The monoisotopic (exact) mass is 1130 g/mol. The van der Waals surface area contributed by atoms with Crippen LogP contribution >= 0.6 is 0 Å². The molecule has 0 aliphatic carbocycles. The van der Waals surface area contributed by atoms with Crippen molar-refractivity contribution in [1.82, 2.24) is 0 Å². The van der Waals surface area contributed by atoms with Gasteiger partial charge in [-0.15, -0.1) is 0 Å². The van der Waals surface area contributed by atoms with Gasteiger partial charge in [-0.2, -0.15) is 0 Å². The number of hydrogen-bond donors (Lipinski definition) is 0. The van der Waals surface area contributed by atoms with Gasteiger partial charge in [-0.1, -0.05) is 351 Å². The number of hydrogen-bond acceptors (Lipinski definition) is 6. The van der Waals surface area contributed by atoms with E-state index in [-0.39, 0.29) is 31.1 Å². The maximum atomic E-state index is 12.9. The minimum absolute atomic E-state index is 0.0772. The molecule has 0 aromatic rings. The van der Waals surface area contributed by atoms with Gasteiger partial charge in [0.15, 0.2) is 6.10 Å². The highest BCUT2D eigenvalue weighted by molar-refractivity contribution is 5.71. The Hall–Kier alpha value is -3.15. The van der Waals surface area contributed by atoms with E-state index < -0.39 is 6.10 Å². The summed E-state index contributed by atoms with van der Waals surface area (Å²) < 4.78 is 16.9. The summed E-state index contributed by atoms with van der Waals surface area (Å²) in [7, 11) is 0. The SMILES string of the molecule is CC/C=C\C/C=C\C/C=C\C/C=C\C/C=C\C/C=C\CCCCCCCCC(=O)OC(COC(=O)CCCCCCCCCCC)COC(=O)CCCCCCCCCCCCCCCCCCCCCCCCCCCCCCC. The summed E-state index contributed by atoms with van der Waals surface area (Å²) in [5.74, 6) is -0.875. The molecule has 6 nitrogen and oxygen atoms in total. The Morgan fingerprint density at radius 2 is 0.481 bits per heavy atom. The molecule has 1 unspecified atom stereocenters. The molecule has 6 heteroatoms. The van der Waals surface area contributed by atoms with Crippen LogP contribution in [0.3, 0.4) is 0 Å². The highest BCUT2D eigenvalue weighted by Crippen LogP contribution is 2.18. The van der Waals surface area contributed by atoms with Crippen LogP contribution in [0, 0.1) is 0 Å². The minimum Gasteiger partial charge on any atom is -0.462 e. The number of carbonyl (C=O) groups is 3. The van der Waals surface area contributed by atoms with Gasteiger partial charge in [0.05, 0.1) is 0 Å². The zero-order valence-corrected chi connectivity index (χ0v) is 54.1. The van der Waals surface area contributed by atoms with E-state index in [0.717, 1.165) is 109 Å². The summed E-state index contributed by atoms with van der Waals surface area (Å²) >= 11 is 0. The Balaban J connectivity index is 4.15. The van der Waals surface area contributed by atoms with Crippen molar-refractivity contribution in [3.63, 3.8) is 0 Å². The van der Waals surface area contributed by atoms with Crippen molar-refractivity contribution in [3.05, 3.63) is 72.9 Å². The van der Waals surface area contributed by atoms with Crippen LogP contribution in [-0.4, -0.2) is 37.2 Å². The summed E-state index contributed by atoms with van der Waals surface area (Å²) in [5, 5.41) is 0. The predicted molar refractivity (Wildman–Crippen MR) is 353 cm³/mol. The number of allylic oxidation sites excluding steroid dienone is 12. The Morgan fingerprint density at radius 3 is 0.753 bits per heavy atom. The van der Waals surface area contributed by atoms with Gasteiger partial charge >= 0.3 is 17.9 Å². The molecular formula is C75H134O6. The van der Waals surface area contributed by atoms with Gasteiger partial charge in [-0.3, -0.25) is 14.4 Å². The maximum Gasteiger partial charge on any atom is 0.306 e. The lowest BCUT2D eigenvalue weighted by molar-refractivity contribution is -0.167. The molecule has 0 rings (SSSR count). The van der Waals surface area contributed by atoms with Crippen LogP contribution < -0.4 is 0 Å². The van der Waals surface area contributed by atoms with Gasteiger partial charge in [-0.05, 0) is 70.6 Å². The van der Waals surface area contributed by atoms with Crippen molar-refractivity contribution in [2.45, 2.75) is 374 Å². The summed E-state index contributed by atoms with van der Waals surface area (Å²) in [6, 6.07) is 0. The first-order valence-electron chi connectivity index (χ1n) is 35.4. The number of rotatable bonds is 65. The van der Waals surface area contributed by atoms with E-state index >= 15 is 0 Å². The second-order valence-electron chi connectivity index (χ2n) is 23.8. The molecule has 0 fully saturated rings. The molecule has 0 amide bonds. The largest absolute Gasteiger partial charge is 0.462 e. The van der Waals surface area contributed by atoms with E-state index in [1.54, 1.807) is 0 Å². The highest BCUT2D eigenvalue weighted by Gasteiger charge is 2.19. The molecule has 0 spiro atoms. The van der Waals surface area contributed by atoms with Crippen LogP contribution in [-0.2, 0) is 28.6 Å². The van der Waals surface area contributed by atoms with Gasteiger partial charge in [0.25, 0.3) is 0 Å². The van der Waals surface area contributed by atoms with Crippen LogP contribution in [0.5, 0.6) is 0 Å². The number of ether oxygens (including phenoxy) is 3. The fourth-order valence-corrected chi connectivity index (χ4v) is 10.5. The highest BCUT2D eigenvalue weighted by atomic mass is 16.6. The lowest BCUT2D eigenvalue weighted by Crippen LogP contribution is -2.30. The van der Waals surface area contributed by atoms with Crippen LogP contribution in [0.25, 0.3) is 0 Å². The van der Waals surface area contributed by atoms with Gasteiger partial charge in [0.1, 0.15) is 13.2 Å². The first kappa shape index (κ1) is 77.9. The molecule has 0 aromatic carbocycles. The Kier molecular flexibility index (Phi) is 66.6. The topological polar surface area (TPSA) is 78.9 Å². The summed E-state index contributed by atoms with van der Waals surface area (Å²) in [5.41, 5.74) is 0. The molecule has 0 saturated heterocycles. The van der Waals surface area contributed by atoms with Crippen molar-refractivity contribution in [3.8, 4) is 0 Å². The molecular weight excluding hydrogens is 997 g/mol.